The lowest BCUT2D eigenvalue weighted by molar-refractivity contribution is 0.640. The van der Waals surface area contributed by atoms with E-state index in [0.717, 1.165) is 22.1 Å². The molecule has 0 saturated heterocycles. The van der Waals surface area contributed by atoms with Crippen molar-refractivity contribution in [1.29, 1.82) is 0 Å². The number of benzene rings is 2. The number of fused-ring (bicyclic) bond motifs is 1. The standard InChI is InChI=1S/C17H18N4/c1-11-9-15(17(18)20-10-11)16(21-19)14-8-4-6-12-5-2-3-7-13(12)14/h2-10,16,21H,19H2,1H3,(H2,18,20). The Hall–Kier alpha value is -2.43. The van der Waals surface area contributed by atoms with E-state index in [1.54, 1.807) is 6.20 Å². The van der Waals surface area contributed by atoms with Gasteiger partial charge in [0.2, 0.25) is 0 Å². The van der Waals surface area contributed by atoms with Crippen LogP contribution in [0.5, 0.6) is 0 Å². The van der Waals surface area contributed by atoms with Gasteiger partial charge in [0.25, 0.3) is 0 Å². The van der Waals surface area contributed by atoms with Crippen LogP contribution in [0.2, 0.25) is 0 Å². The van der Waals surface area contributed by atoms with Crippen LogP contribution in [-0.4, -0.2) is 4.98 Å². The highest BCUT2D eigenvalue weighted by Crippen LogP contribution is 2.30. The van der Waals surface area contributed by atoms with Crippen molar-refractivity contribution in [1.82, 2.24) is 10.4 Å². The Morgan fingerprint density at radius 1 is 1.05 bits per heavy atom. The molecule has 0 spiro atoms. The Balaban J connectivity index is 2.21. The lowest BCUT2D eigenvalue weighted by Gasteiger charge is -2.20. The number of aryl methyl sites for hydroxylation is 1. The Labute approximate surface area is 123 Å². The summed E-state index contributed by atoms with van der Waals surface area (Å²) in [5.74, 6) is 6.31. The Morgan fingerprint density at radius 2 is 1.81 bits per heavy atom. The molecule has 0 saturated carbocycles. The molecular weight excluding hydrogens is 260 g/mol. The number of pyridine rings is 1. The van der Waals surface area contributed by atoms with Crippen LogP contribution in [0.3, 0.4) is 0 Å². The molecule has 106 valence electrons. The number of hydrazine groups is 1. The van der Waals surface area contributed by atoms with E-state index in [4.69, 9.17) is 11.6 Å². The minimum atomic E-state index is -0.191. The zero-order valence-corrected chi connectivity index (χ0v) is 11.9. The zero-order chi connectivity index (χ0) is 14.8. The number of nitrogens with one attached hydrogen (secondary N) is 1. The van der Waals surface area contributed by atoms with Gasteiger partial charge >= 0.3 is 0 Å². The fraction of sp³-hybridized carbons (Fsp3) is 0.118. The van der Waals surface area contributed by atoms with Gasteiger partial charge in [-0.3, -0.25) is 5.84 Å². The summed E-state index contributed by atoms with van der Waals surface area (Å²) in [5, 5.41) is 2.33. The first-order chi connectivity index (χ1) is 10.2. The van der Waals surface area contributed by atoms with Crippen LogP contribution in [0.4, 0.5) is 5.82 Å². The van der Waals surface area contributed by atoms with Gasteiger partial charge in [-0.15, -0.1) is 0 Å². The molecule has 0 fully saturated rings. The van der Waals surface area contributed by atoms with Crippen LogP contribution in [-0.2, 0) is 0 Å². The second kappa shape index (κ2) is 5.52. The normalized spacial score (nSPS) is 12.5. The van der Waals surface area contributed by atoms with Crippen LogP contribution in [0.15, 0.2) is 54.7 Å². The molecule has 0 amide bonds. The lowest BCUT2D eigenvalue weighted by Crippen LogP contribution is -2.30. The summed E-state index contributed by atoms with van der Waals surface area (Å²) in [4.78, 5) is 4.24. The van der Waals surface area contributed by atoms with Gasteiger partial charge in [0.15, 0.2) is 0 Å². The number of nitrogens with two attached hydrogens (primary N) is 2. The smallest absolute Gasteiger partial charge is 0.128 e. The summed E-state index contributed by atoms with van der Waals surface area (Å²) >= 11 is 0. The van der Waals surface area contributed by atoms with Gasteiger partial charge in [0.1, 0.15) is 5.82 Å². The van der Waals surface area contributed by atoms with E-state index in [1.165, 1.54) is 5.39 Å². The average Bonchev–Trinajstić information content (AvgIpc) is 2.51. The third-order valence-electron chi connectivity index (χ3n) is 3.70. The molecule has 21 heavy (non-hydrogen) atoms. The van der Waals surface area contributed by atoms with Crippen LogP contribution >= 0.6 is 0 Å². The van der Waals surface area contributed by atoms with E-state index in [9.17, 15) is 0 Å². The molecule has 5 N–H and O–H groups in total. The summed E-state index contributed by atoms with van der Waals surface area (Å²) in [6.45, 7) is 1.99. The van der Waals surface area contributed by atoms with E-state index in [0.29, 0.717) is 5.82 Å². The Kier molecular flexibility index (Phi) is 3.56. The average molecular weight is 278 g/mol. The predicted molar refractivity (Wildman–Crippen MR) is 86.5 cm³/mol. The van der Waals surface area contributed by atoms with E-state index >= 15 is 0 Å². The van der Waals surface area contributed by atoms with Crippen molar-refractivity contribution >= 4 is 16.6 Å². The van der Waals surface area contributed by atoms with Crippen molar-refractivity contribution in [3.8, 4) is 0 Å². The molecule has 0 aliphatic rings. The minimum Gasteiger partial charge on any atom is -0.383 e. The first-order valence-corrected chi connectivity index (χ1v) is 6.86. The fourth-order valence-corrected chi connectivity index (χ4v) is 2.68. The largest absolute Gasteiger partial charge is 0.383 e. The predicted octanol–water partition coefficient (Wildman–Crippen LogP) is 2.68. The number of hydrogen-bond donors (Lipinski definition) is 3. The molecule has 1 aromatic heterocycles. The number of hydrogen-bond acceptors (Lipinski definition) is 4. The first kappa shape index (κ1) is 13.5. The van der Waals surface area contributed by atoms with Gasteiger partial charge in [0.05, 0.1) is 6.04 Å². The zero-order valence-electron chi connectivity index (χ0n) is 11.9. The number of rotatable bonds is 3. The molecule has 1 atom stereocenters. The van der Waals surface area contributed by atoms with E-state index in [-0.39, 0.29) is 6.04 Å². The number of anilines is 1. The second-order valence-electron chi connectivity index (χ2n) is 5.16. The fourth-order valence-electron chi connectivity index (χ4n) is 2.68. The summed E-state index contributed by atoms with van der Waals surface area (Å²) in [5.41, 5.74) is 12.0. The number of nitrogens with zero attached hydrogens (tertiary/aromatic N) is 1. The molecule has 3 rings (SSSR count). The van der Waals surface area contributed by atoms with Crippen molar-refractivity contribution in [3.63, 3.8) is 0 Å². The summed E-state index contributed by atoms with van der Waals surface area (Å²) in [6.07, 6.45) is 1.76. The molecular formula is C17H18N4. The van der Waals surface area contributed by atoms with Gasteiger partial charge in [-0.25, -0.2) is 10.4 Å². The molecule has 4 nitrogen and oxygen atoms in total. The Bertz CT molecular complexity index is 777. The molecule has 1 unspecified atom stereocenters. The van der Waals surface area contributed by atoms with Crippen LogP contribution in [0, 0.1) is 6.92 Å². The minimum absolute atomic E-state index is 0.191. The molecule has 3 aromatic rings. The van der Waals surface area contributed by atoms with Crippen LogP contribution in [0.25, 0.3) is 10.8 Å². The van der Waals surface area contributed by atoms with Gasteiger partial charge in [-0.2, -0.15) is 0 Å². The van der Waals surface area contributed by atoms with E-state index in [1.807, 2.05) is 31.2 Å². The Morgan fingerprint density at radius 3 is 2.62 bits per heavy atom. The first-order valence-electron chi connectivity index (χ1n) is 6.86. The van der Waals surface area contributed by atoms with Gasteiger partial charge in [-0.05, 0) is 34.9 Å². The van der Waals surface area contributed by atoms with Crippen molar-refractivity contribution in [3.05, 3.63) is 71.4 Å². The van der Waals surface area contributed by atoms with Crippen molar-refractivity contribution in [2.24, 2.45) is 5.84 Å². The van der Waals surface area contributed by atoms with Gasteiger partial charge in [-0.1, -0.05) is 42.5 Å². The SMILES string of the molecule is Cc1cnc(N)c(C(NN)c2cccc3ccccc23)c1. The van der Waals surface area contributed by atoms with Crippen LogP contribution < -0.4 is 17.0 Å². The number of nitrogen functional groups attached to an aromatic ring is 1. The van der Waals surface area contributed by atoms with Crippen molar-refractivity contribution in [2.45, 2.75) is 13.0 Å². The second-order valence-corrected chi connectivity index (χ2v) is 5.16. The lowest BCUT2D eigenvalue weighted by atomic mass is 9.94. The maximum atomic E-state index is 6.04. The monoisotopic (exact) mass is 278 g/mol. The highest BCUT2D eigenvalue weighted by molar-refractivity contribution is 5.86. The quantitative estimate of drug-likeness (QED) is 0.508. The highest BCUT2D eigenvalue weighted by atomic mass is 15.2. The highest BCUT2D eigenvalue weighted by Gasteiger charge is 2.18. The molecule has 2 aromatic carbocycles. The van der Waals surface area contributed by atoms with E-state index in [2.05, 4.69) is 34.7 Å². The summed E-state index contributed by atoms with van der Waals surface area (Å²) in [6, 6.07) is 16.2. The van der Waals surface area contributed by atoms with E-state index < -0.39 is 0 Å². The van der Waals surface area contributed by atoms with Crippen molar-refractivity contribution in [2.75, 3.05) is 5.73 Å². The molecule has 0 aliphatic heterocycles. The van der Waals surface area contributed by atoms with Crippen molar-refractivity contribution < 1.29 is 0 Å². The molecule has 0 bridgehead atoms. The van der Waals surface area contributed by atoms with Crippen LogP contribution in [0.1, 0.15) is 22.7 Å². The summed E-state index contributed by atoms with van der Waals surface area (Å²) in [7, 11) is 0. The third kappa shape index (κ3) is 2.46. The molecule has 0 radical (unpaired) electrons. The topological polar surface area (TPSA) is 77.0 Å². The third-order valence-corrected chi connectivity index (χ3v) is 3.70. The maximum Gasteiger partial charge on any atom is 0.128 e. The molecule has 4 heteroatoms. The number of aromatic nitrogens is 1. The van der Waals surface area contributed by atoms with Gasteiger partial charge in [0, 0.05) is 11.8 Å². The summed E-state index contributed by atoms with van der Waals surface area (Å²) < 4.78 is 0. The molecule has 0 aliphatic carbocycles. The molecule has 1 heterocycles. The van der Waals surface area contributed by atoms with Gasteiger partial charge < -0.3 is 5.73 Å². The maximum absolute atomic E-state index is 6.04.